The van der Waals surface area contributed by atoms with Crippen LogP contribution in [0.3, 0.4) is 0 Å². The number of aliphatic carboxylic acids is 1. The highest BCUT2D eigenvalue weighted by Crippen LogP contribution is 2.28. The van der Waals surface area contributed by atoms with Crippen LogP contribution < -0.4 is 0 Å². The molecular weight excluding hydrogens is 224 g/mol. The summed E-state index contributed by atoms with van der Waals surface area (Å²) in [5.41, 5.74) is 2.34. The molecule has 0 saturated carbocycles. The van der Waals surface area contributed by atoms with E-state index in [1.807, 2.05) is 36.4 Å². The first-order valence-electron chi connectivity index (χ1n) is 6.09. The van der Waals surface area contributed by atoms with E-state index in [0.29, 0.717) is 6.42 Å². The Bertz CT molecular complexity index is 452. The van der Waals surface area contributed by atoms with E-state index in [0.717, 1.165) is 0 Å². The van der Waals surface area contributed by atoms with Gasteiger partial charge in [0.05, 0.1) is 0 Å². The zero-order valence-corrected chi connectivity index (χ0v) is 10.1. The fourth-order valence-electron chi connectivity index (χ4n) is 2.16. The molecule has 2 heteroatoms. The number of hydrogen-bond donors (Lipinski definition) is 1. The number of benzene rings is 2. The average molecular weight is 240 g/mol. The molecule has 0 aliphatic carbocycles. The summed E-state index contributed by atoms with van der Waals surface area (Å²) in [6, 6.07) is 20.1. The summed E-state index contributed by atoms with van der Waals surface area (Å²) < 4.78 is 0. The van der Waals surface area contributed by atoms with Gasteiger partial charge in [-0.1, -0.05) is 60.7 Å². The SMILES string of the molecule is O=C(O)CCC(c1ccccc1)c1ccccc1. The molecule has 0 saturated heterocycles. The highest BCUT2D eigenvalue weighted by Gasteiger charge is 2.14. The minimum atomic E-state index is -0.744. The van der Waals surface area contributed by atoms with Crippen LogP contribution in [0.15, 0.2) is 60.7 Å². The molecule has 0 bridgehead atoms. The van der Waals surface area contributed by atoms with E-state index in [1.54, 1.807) is 0 Å². The molecule has 0 aromatic heterocycles. The van der Waals surface area contributed by atoms with Gasteiger partial charge in [-0.2, -0.15) is 0 Å². The van der Waals surface area contributed by atoms with E-state index < -0.39 is 5.97 Å². The van der Waals surface area contributed by atoms with E-state index in [2.05, 4.69) is 24.3 Å². The maximum atomic E-state index is 10.8. The Balaban J connectivity index is 2.26. The Labute approximate surface area is 107 Å². The molecule has 92 valence electrons. The largest absolute Gasteiger partial charge is 0.481 e. The standard InChI is InChI=1S/C16H16O2/c17-16(18)12-11-15(13-7-3-1-4-8-13)14-9-5-2-6-10-14/h1-10,15H,11-12H2,(H,17,18). The van der Waals surface area contributed by atoms with Crippen molar-refractivity contribution in [1.29, 1.82) is 0 Å². The van der Waals surface area contributed by atoms with Crippen LogP contribution in [0.2, 0.25) is 0 Å². The van der Waals surface area contributed by atoms with Gasteiger partial charge in [-0.15, -0.1) is 0 Å². The summed E-state index contributed by atoms with van der Waals surface area (Å²) in [4.78, 5) is 10.8. The molecular formula is C16H16O2. The van der Waals surface area contributed by atoms with Gasteiger partial charge in [-0.3, -0.25) is 4.79 Å². The van der Waals surface area contributed by atoms with Crippen LogP contribution in [0.4, 0.5) is 0 Å². The van der Waals surface area contributed by atoms with Gasteiger partial charge >= 0.3 is 5.97 Å². The van der Waals surface area contributed by atoms with Crippen molar-refractivity contribution in [2.75, 3.05) is 0 Å². The monoisotopic (exact) mass is 240 g/mol. The van der Waals surface area contributed by atoms with Gasteiger partial charge in [-0.25, -0.2) is 0 Å². The predicted octanol–water partition coefficient (Wildman–Crippen LogP) is 3.68. The molecule has 0 aliphatic rings. The molecule has 0 unspecified atom stereocenters. The fraction of sp³-hybridized carbons (Fsp3) is 0.188. The lowest BCUT2D eigenvalue weighted by Gasteiger charge is -2.17. The summed E-state index contributed by atoms with van der Waals surface area (Å²) >= 11 is 0. The Morgan fingerprint density at radius 3 is 1.72 bits per heavy atom. The minimum absolute atomic E-state index is 0.156. The Morgan fingerprint density at radius 2 is 1.33 bits per heavy atom. The highest BCUT2D eigenvalue weighted by molar-refractivity contribution is 5.66. The summed E-state index contributed by atoms with van der Waals surface area (Å²) in [7, 11) is 0. The highest BCUT2D eigenvalue weighted by atomic mass is 16.4. The van der Waals surface area contributed by atoms with Crippen LogP contribution in [0.5, 0.6) is 0 Å². The quantitative estimate of drug-likeness (QED) is 0.865. The third kappa shape index (κ3) is 3.20. The number of hydrogen-bond acceptors (Lipinski definition) is 1. The third-order valence-electron chi connectivity index (χ3n) is 3.05. The maximum absolute atomic E-state index is 10.8. The van der Waals surface area contributed by atoms with Crippen LogP contribution in [-0.2, 0) is 4.79 Å². The van der Waals surface area contributed by atoms with Crippen molar-refractivity contribution in [3.63, 3.8) is 0 Å². The van der Waals surface area contributed by atoms with Crippen LogP contribution >= 0.6 is 0 Å². The lowest BCUT2D eigenvalue weighted by molar-refractivity contribution is -0.137. The number of rotatable bonds is 5. The van der Waals surface area contributed by atoms with Gasteiger partial charge < -0.3 is 5.11 Å². The third-order valence-corrected chi connectivity index (χ3v) is 3.05. The van der Waals surface area contributed by atoms with E-state index >= 15 is 0 Å². The lowest BCUT2D eigenvalue weighted by Crippen LogP contribution is -2.04. The molecule has 0 aliphatic heterocycles. The topological polar surface area (TPSA) is 37.3 Å². The number of carbonyl (C=O) groups is 1. The minimum Gasteiger partial charge on any atom is -0.481 e. The predicted molar refractivity (Wildman–Crippen MR) is 71.6 cm³/mol. The normalized spacial score (nSPS) is 10.5. The zero-order chi connectivity index (χ0) is 12.8. The van der Waals surface area contributed by atoms with Gasteiger partial charge in [0.1, 0.15) is 0 Å². The van der Waals surface area contributed by atoms with Crippen molar-refractivity contribution in [2.24, 2.45) is 0 Å². The average Bonchev–Trinajstić information content (AvgIpc) is 2.41. The molecule has 0 radical (unpaired) electrons. The van der Waals surface area contributed by atoms with Crippen molar-refractivity contribution < 1.29 is 9.90 Å². The van der Waals surface area contributed by atoms with E-state index in [9.17, 15) is 4.79 Å². The Hall–Kier alpha value is -2.09. The molecule has 1 N–H and O–H groups in total. The summed E-state index contributed by atoms with van der Waals surface area (Å²) in [6.07, 6.45) is 0.817. The first-order valence-corrected chi connectivity index (χ1v) is 6.09. The van der Waals surface area contributed by atoms with E-state index in [-0.39, 0.29) is 12.3 Å². The molecule has 2 aromatic rings. The first kappa shape index (κ1) is 12.4. The summed E-state index contributed by atoms with van der Waals surface area (Å²) in [5, 5.41) is 8.86. The van der Waals surface area contributed by atoms with Gasteiger partial charge in [0.2, 0.25) is 0 Å². The Kier molecular flexibility index (Phi) is 4.13. The number of carboxylic acids is 1. The van der Waals surface area contributed by atoms with Gasteiger partial charge in [0, 0.05) is 12.3 Å². The Morgan fingerprint density at radius 1 is 0.889 bits per heavy atom. The molecule has 0 spiro atoms. The van der Waals surface area contributed by atoms with Crippen molar-refractivity contribution in [3.8, 4) is 0 Å². The summed E-state index contributed by atoms with van der Waals surface area (Å²) in [6.45, 7) is 0. The van der Waals surface area contributed by atoms with Crippen LogP contribution in [0.25, 0.3) is 0 Å². The second-order valence-electron chi connectivity index (χ2n) is 4.31. The maximum Gasteiger partial charge on any atom is 0.303 e. The molecule has 0 atom stereocenters. The second kappa shape index (κ2) is 6.01. The van der Waals surface area contributed by atoms with Crippen LogP contribution in [0, 0.1) is 0 Å². The van der Waals surface area contributed by atoms with Gasteiger partial charge in [0.25, 0.3) is 0 Å². The van der Waals surface area contributed by atoms with Crippen molar-refractivity contribution in [3.05, 3.63) is 71.8 Å². The van der Waals surface area contributed by atoms with Crippen molar-refractivity contribution in [1.82, 2.24) is 0 Å². The van der Waals surface area contributed by atoms with Gasteiger partial charge in [-0.05, 0) is 17.5 Å². The smallest absolute Gasteiger partial charge is 0.303 e. The summed E-state index contributed by atoms with van der Waals surface area (Å²) in [5.74, 6) is -0.588. The molecule has 2 nitrogen and oxygen atoms in total. The molecule has 2 aromatic carbocycles. The zero-order valence-electron chi connectivity index (χ0n) is 10.1. The van der Waals surface area contributed by atoms with E-state index in [1.165, 1.54) is 11.1 Å². The number of carboxylic acid groups (broad SMARTS) is 1. The van der Waals surface area contributed by atoms with Crippen molar-refractivity contribution in [2.45, 2.75) is 18.8 Å². The van der Waals surface area contributed by atoms with Crippen LogP contribution in [-0.4, -0.2) is 11.1 Å². The molecule has 0 fully saturated rings. The molecule has 18 heavy (non-hydrogen) atoms. The van der Waals surface area contributed by atoms with E-state index in [4.69, 9.17) is 5.11 Å². The first-order chi connectivity index (χ1) is 8.77. The van der Waals surface area contributed by atoms with Crippen molar-refractivity contribution >= 4 is 5.97 Å². The van der Waals surface area contributed by atoms with Crippen LogP contribution in [0.1, 0.15) is 29.9 Å². The molecule has 0 amide bonds. The van der Waals surface area contributed by atoms with Gasteiger partial charge in [0.15, 0.2) is 0 Å². The molecule has 0 heterocycles. The second-order valence-corrected chi connectivity index (χ2v) is 4.31. The lowest BCUT2D eigenvalue weighted by atomic mass is 9.87. The molecule has 2 rings (SSSR count). The fourth-order valence-corrected chi connectivity index (χ4v) is 2.16.